The summed E-state index contributed by atoms with van der Waals surface area (Å²) in [5.41, 5.74) is 0. The lowest BCUT2D eigenvalue weighted by Crippen LogP contribution is -3.12. The molecule has 0 spiro atoms. The highest BCUT2D eigenvalue weighted by atomic mass is 35.5. The van der Waals surface area contributed by atoms with Gasteiger partial charge in [0.05, 0.1) is 19.6 Å². The van der Waals surface area contributed by atoms with Crippen LogP contribution in [0.4, 0.5) is 0 Å². The second-order valence-electron chi connectivity index (χ2n) is 5.12. The van der Waals surface area contributed by atoms with Crippen molar-refractivity contribution in [2.24, 2.45) is 0 Å². The molecule has 0 amide bonds. The van der Waals surface area contributed by atoms with Crippen molar-refractivity contribution in [3.63, 3.8) is 0 Å². The summed E-state index contributed by atoms with van der Waals surface area (Å²) in [6, 6.07) is 0. The summed E-state index contributed by atoms with van der Waals surface area (Å²) in [5, 5.41) is 0. The zero-order valence-electron chi connectivity index (χ0n) is 12.4. The Bertz CT molecular complexity index is 128. The van der Waals surface area contributed by atoms with Crippen LogP contribution in [0.15, 0.2) is 0 Å². The van der Waals surface area contributed by atoms with Crippen LogP contribution in [0.1, 0.15) is 78.6 Å². The molecule has 0 saturated carbocycles. The van der Waals surface area contributed by atoms with Crippen molar-refractivity contribution in [1.29, 1.82) is 0 Å². The number of rotatable bonds is 12. The van der Waals surface area contributed by atoms with E-state index in [4.69, 9.17) is 0 Å². The van der Waals surface area contributed by atoms with Crippen LogP contribution in [-0.4, -0.2) is 19.6 Å². The summed E-state index contributed by atoms with van der Waals surface area (Å²) in [4.78, 5) is 1.87. The normalized spacial score (nSPS) is 12.2. The lowest BCUT2D eigenvalue weighted by Gasteiger charge is -2.19. The summed E-state index contributed by atoms with van der Waals surface area (Å²) in [5.74, 6) is 0. The average molecular weight is 264 g/mol. The third-order valence-electron chi connectivity index (χ3n) is 3.40. The van der Waals surface area contributed by atoms with E-state index in [1.165, 1.54) is 77.4 Å². The molecule has 106 valence electrons. The molecule has 1 atom stereocenters. The number of hydrogen-bond acceptors (Lipinski definition) is 0. The zero-order valence-corrected chi connectivity index (χ0v) is 13.1. The summed E-state index contributed by atoms with van der Waals surface area (Å²) in [6.07, 6.45) is 12.7. The molecule has 0 fully saturated rings. The Kier molecular flexibility index (Phi) is 18.7. The maximum Gasteiger partial charge on any atom is 0.0770 e. The van der Waals surface area contributed by atoms with Gasteiger partial charge in [0.2, 0.25) is 0 Å². The predicted octanol–water partition coefficient (Wildman–Crippen LogP) is 0.446. The molecule has 17 heavy (non-hydrogen) atoms. The van der Waals surface area contributed by atoms with Crippen molar-refractivity contribution >= 4 is 0 Å². The van der Waals surface area contributed by atoms with Crippen molar-refractivity contribution in [3.05, 3.63) is 0 Å². The van der Waals surface area contributed by atoms with Gasteiger partial charge in [-0.3, -0.25) is 0 Å². The molecule has 1 N–H and O–H groups in total. The summed E-state index contributed by atoms with van der Waals surface area (Å²) in [6.45, 7) is 11.1. The fraction of sp³-hybridized carbons (Fsp3) is 1.00. The molecule has 0 aliphatic carbocycles. The van der Waals surface area contributed by atoms with Gasteiger partial charge in [0, 0.05) is 0 Å². The molecule has 1 nitrogen and oxygen atoms in total. The second-order valence-corrected chi connectivity index (χ2v) is 5.12. The highest BCUT2D eigenvalue weighted by molar-refractivity contribution is 4.41. The first kappa shape index (κ1) is 19.6. The smallest absolute Gasteiger partial charge is 0.0770 e. The summed E-state index contributed by atoms with van der Waals surface area (Å²) in [7, 11) is 0. The predicted molar refractivity (Wildman–Crippen MR) is 74.1 cm³/mol. The lowest BCUT2D eigenvalue weighted by atomic mass is 10.2. The van der Waals surface area contributed by atoms with Gasteiger partial charge in [-0.05, 0) is 32.1 Å². The van der Waals surface area contributed by atoms with E-state index in [0.29, 0.717) is 0 Å². The topological polar surface area (TPSA) is 4.44 Å². The average Bonchev–Trinajstić information content (AvgIpc) is 2.31. The standard InChI is InChI=1S/C15H33N.ClH/c1-4-7-10-12-15-16(13-9-6-3)14-11-8-5-2;/h4-15H2,1-3H3;1H. The molecule has 2 heteroatoms. The fourth-order valence-electron chi connectivity index (χ4n) is 2.23. The molecule has 0 aliphatic heterocycles. The fourth-order valence-corrected chi connectivity index (χ4v) is 2.23. The molecule has 0 aromatic heterocycles. The van der Waals surface area contributed by atoms with Gasteiger partial charge >= 0.3 is 0 Å². The largest absolute Gasteiger partial charge is 1.00 e. The Morgan fingerprint density at radius 3 is 1.47 bits per heavy atom. The molecule has 0 bridgehead atoms. The minimum Gasteiger partial charge on any atom is -1.00 e. The van der Waals surface area contributed by atoms with Crippen LogP contribution in [0.25, 0.3) is 0 Å². The molecule has 0 saturated heterocycles. The Balaban J connectivity index is 0. The van der Waals surface area contributed by atoms with Crippen LogP contribution in [0, 0.1) is 0 Å². The molecular weight excluding hydrogens is 230 g/mol. The maximum atomic E-state index is 2.31. The SMILES string of the molecule is CCCCCC[NH+](CCCC)CCCCC.[Cl-]. The van der Waals surface area contributed by atoms with Crippen LogP contribution in [0.5, 0.6) is 0 Å². The van der Waals surface area contributed by atoms with Gasteiger partial charge in [-0.2, -0.15) is 0 Å². The molecule has 0 aromatic rings. The van der Waals surface area contributed by atoms with Gasteiger partial charge in [0.25, 0.3) is 0 Å². The lowest BCUT2D eigenvalue weighted by molar-refractivity contribution is -0.900. The van der Waals surface area contributed by atoms with Crippen molar-refractivity contribution in [1.82, 2.24) is 0 Å². The minimum absolute atomic E-state index is 0. The highest BCUT2D eigenvalue weighted by Gasteiger charge is 2.06. The van der Waals surface area contributed by atoms with Crippen molar-refractivity contribution in [2.45, 2.75) is 78.6 Å². The van der Waals surface area contributed by atoms with E-state index in [0.717, 1.165) is 0 Å². The number of nitrogens with one attached hydrogen (secondary N) is 1. The Hall–Kier alpha value is 0.250. The Morgan fingerprint density at radius 1 is 0.529 bits per heavy atom. The van der Waals surface area contributed by atoms with Crippen molar-refractivity contribution in [3.8, 4) is 0 Å². The van der Waals surface area contributed by atoms with Crippen LogP contribution < -0.4 is 17.3 Å². The highest BCUT2D eigenvalue weighted by Crippen LogP contribution is 1.96. The van der Waals surface area contributed by atoms with Gasteiger partial charge in [-0.1, -0.05) is 46.5 Å². The molecule has 1 unspecified atom stereocenters. The third-order valence-corrected chi connectivity index (χ3v) is 3.40. The molecule has 0 rings (SSSR count). The number of halogens is 1. The summed E-state index contributed by atoms with van der Waals surface area (Å²) >= 11 is 0. The van der Waals surface area contributed by atoms with E-state index in [9.17, 15) is 0 Å². The molecule has 0 heterocycles. The van der Waals surface area contributed by atoms with Crippen LogP contribution in [0.3, 0.4) is 0 Å². The molecular formula is C15H34ClN. The van der Waals surface area contributed by atoms with Gasteiger partial charge in [0.1, 0.15) is 0 Å². The van der Waals surface area contributed by atoms with Gasteiger partial charge in [0.15, 0.2) is 0 Å². The number of unbranched alkanes of at least 4 members (excludes halogenated alkanes) is 6. The minimum atomic E-state index is 0. The third kappa shape index (κ3) is 14.2. The van der Waals surface area contributed by atoms with E-state index < -0.39 is 0 Å². The maximum absolute atomic E-state index is 2.31. The van der Waals surface area contributed by atoms with E-state index in [1.807, 2.05) is 4.90 Å². The first-order valence-corrected chi connectivity index (χ1v) is 7.68. The van der Waals surface area contributed by atoms with Gasteiger partial charge in [-0.25, -0.2) is 0 Å². The monoisotopic (exact) mass is 263 g/mol. The van der Waals surface area contributed by atoms with E-state index in [1.54, 1.807) is 0 Å². The van der Waals surface area contributed by atoms with Crippen LogP contribution >= 0.6 is 0 Å². The van der Waals surface area contributed by atoms with Crippen molar-refractivity contribution < 1.29 is 17.3 Å². The first-order chi connectivity index (χ1) is 7.85. The first-order valence-electron chi connectivity index (χ1n) is 7.68. The van der Waals surface area contributed by atoms with Crippen LogP contribution in [0.2, 0.25) is 0 Å². The Labute approximate surface area is 116 Å². The Morgan fingerprint density at radius 2 is 0.941 bits per heavy atom. The van der Waals surface area contributed by atoms with E-state index in [2.05, 4.69) is 20.8 Å². The molecule has 0 radical (unpaired) electrons. The van der Waals surface area contributed by atoms with Gasteiger partial charge in [-0.15, -0.1) is 0 Å². The summed E-state index contributed by atoms with van der Waals surface area (Å²) < 4.78 is 0. The molecule has 0 aliphatic rings. The van der Waals surface area contributed by atoms with E-state index >= 15 is 0 Å². The van der Waals surface area contributed by atoms with E-state index in [-0.39, 0.29) is 12.4 Å². The number of hydrogen-bond donors (Lipinski definition) is 1. The zero-order chi connectivity index (χ0) is 12.1. The van der Waals surface area contributed by atoms with Gasteiger partial charge < -0.3 is 17.3 Å². The molecule has 0 aromatic carbocycles. The second kappa shape index (κ2) is 16.2. The number of quaternary nitrogens is 1. The quantitative estimate of drug-likeness (QED) is 0.488. The van der Waals surface area contributed by atoms with Crippen molar-refractivity contribution in [2.75, 3.05) is 19.6 Å². The van der Waals surface area contributed by atoms with Crippen LogP contribution in [-0.2, 0) is 0 Å².